The summed E-state index contributed by atoms with van der Waals surface area (Å²) in [6.45, 7) is 2.39. The van der Waals surface area contributed by atoms with Crippen LogP contribution >= 0.6 is 0 Å². The molecule has 94 valence electrons. The summed E-state index contributed by atoms with van der Waals surface area (Å²) in [5, 5.41) is 30.5. The monoisotopic (exact) mass is 239 g/mol. The van der Waals surface area contributed by atoms with Crippen LogP contribution in [-0.2, 0) is 4.79 Å². The van der Waals surface area contributed by atoms with Crippen molar-refractivity contribution in [3.63, 3.8) is 0 Å². The first-order valence-electron chi connectivity index (χ1n) is 5.47. The van der Waals surface area contributed by atoms with E-state index in [1.54, 1.807) is 0 Å². The molecule has 5 heteroatoms. The molecule has 0 fully saturated rings. The van der Waals surface area contributed by atoms with Crippen LogP contribution in [0.15, 0.2) is 18.2 Å². The standard InChI is InChI=1S/C12H17NO4/c1-8(13-6-2-3-12(16)17)10-7-9(14)4-5-11(10)15/h4-5,7-8,13-15H,2-3,6H2,1H3,(H,16,17). The highest BCUT2D eigenvalue weighted by Gasteiger charge is 2.10. The van der Waals surface area contributed by atoms with Gasteiger partial charge in [-0.15, -0.1) is 0 Å². The van der Waals surface area contributed by atoms with Crippen LogP contribution in [0.2, 0.25) is 0 Å². The SMILES string of the molecule is CC(NCCCC(=O)O)c1cc(O)ccc1O. The molecule has 0 saturated heterocycles. The zero-order chi connectivity index (χ0) is 12.8. The lowest BCUT2D eigenvalue weighted by molar-refractivity contribution is -0.137. The molecule has 0 aliphatic heterocycles. The summed E-state index contributed by atoms with van der Waals surface area (Å²) in [5.74, 6) is -0.613. The van der Waals surface area contributed by atoms with Gasteiger partial charge in [0, 0.05) is 18.0 Å². The number of nitrogens with one attached hydrogen (secondary N) is 1. The zero-order valence-corrected chi connectivity index (χ0v) is 9.68. The summed E-state index contributed by atoms with van der Waals surface area (Å²) in [4.78, 5) is 10.3. The van der Waals surface area contributed by atoms with E-state index < -0.39 is 5.97 Å². The number of phenolic OH excluding ortho intramolecular Hbond substituents is 2. The number of carboxylic acids is 1. The van der Waals surface area contributed by atoms with Gasteiger partial charge >= 0.3 is 5.97 Å². The maximum Gasteiger partial charge on any atom is 0.303 e. The average molecular weight is 239 g/mol. The van der Waals surface area contributed by atoms with Crippen molar-refractivity contribution in [3.05, 3.63) is 23.8 Å². The third-order valence-electron chi connectivity index (χ3n) is 2.50. The van der Waals surface area contributed by atoms with Gasteiger partial charge in [0.05, 0.1) is 0 Å². The largest absolute Gasteiger partial charge is 0.508 e. The predicted molar refractivity (Wildman–Crippen MR) is 63.1 cm³/mol. The third kappa shape index (κ3) is 4.32. The molecule has 4 N–H and O–H groups in total. The van der Waals surface area contributed by atoms with Crippen molar-refractivity contribution < 1.29 is 20.1 Å². The molecule has 1 aromatic rings. The first kappa shape index (κ1) is 13.3. The van der Waals surface area contributed by atoms with Crippen LogP contribution in [0.5, 0.6) is 11.5 Å². The molecule has 1 aromatic carbocycles. The number of rotatable bonds is 6. The van der Waals surface area contributed by atoms with Crippen molar-refractivity contribution in [2.45, 2.75) is 25.8 Å². The number of aromatic hydroxyl groups is 2. The van der Waals surface area contributed by atoms with E-state index >= 15 is 0 Å². The van der Waals surface area contributed by atoms with Crippen LogP contribution in [0.25, 0.3) is 0 Å². The van der Waals surface area contributed by atoms with Gasteiger partial charge in [-0.3, -0.25) is 4.79 Å². The molecule has 1 rings (SSSR count). The molecule has 0 aromatic heterocycles. The van der Waals surface area contributed by atoms with Crippen LogP contribution in [0.1, 0.15) is 31.4 Å². The Bertz CT molecular complexity index is 392. The summed E-state index contributed by atoms with van der Waals surface area (Å²) in [7, 11) is 0. The van der Waals surface area contributed by atoms with E-state index in [1.165, 1.54) is 18.2 Å². The highest BCUT2D eigenvalue weighted by Crippen LogP contribution is 2.27. The molecule has 0 aliphatic rings. The molecule has 0 bridgehead atoms. The number of carbonyl (C=O) groups is 1. The fourth-order valence-corrected chi connectivity index (χ4v) is 1.56. The van der Waals surface area contributed by atoms with Crippen LogP contribution < -0.4 is 5.32 Å². The van der Waals surface area contributed by atoms with E-state index in [9.17, 15) is 15.0 Å². The Kier molecular flexibility index (Phi) is 4.78. The van der Waals surface area contributed by atoms with Gasteiger partial charge in [0.2, 0.25) is 0 Å². The van der Waals surface area contributed by atoms with Gasteiger partial charge in [-0.1, -0.05) is 0 Å². The third-order valence-corrected chi connectivity index (χ3v) is 2.50. The van der Waals surface area contributed by atoms with Gasteiger partial charge in [0.25, 0.3) is 0 Å². The summed E-state index contributed by atoms with van der Waals surface area (Å²) in [6, 6.07) is 4.19. The topological polar surface area (TPSA) is 89.8 Å². The molecule has 0 heterocycles. The van der Waals surface area contributed by atoms with Gasteiger partial charge in [-0.2, -0.15) is 0 Å². The van der Waals surface area contributed by atoms with Gasteiger partial charge in [0.15, 0.2) is 0 Å². The maximum absolute atomic E-state index is 10.3. The van der Waals surface area contributed by atoms with Crippen molar-refractivity contribution in [1.82, 2.24) is 5.32 Å². The Hall–Kier alpha value is -1.75. The van der Waals surface area contributed by atoms with Crippen molar-refractivity contribution >= 4 is 5.97 Å². The van der Waals surface area contributed by atoms with Crippen LogP contribution in [0, 0.1) is 0 Å². The Balaban J connectivity index is 2.49. The highest BCUT2D eigenvalue weighted by atomic mass is 16.4. The van der Waals surface area contributed by atoms with Crippen LogP contribution in [0.4, 0.5) is 0 Å². The minimum Gasteiger partial charge on any atom is -0.508 e. The van der Waals surface area contributed by atoms with Crippen molar-refractivity contribution in [3.8, 4) is 11.5 Å². The molecular formula is C12H17NO4. The smallest absolute Gasteiger partial charge is 0.303 e. The predicted octanol–water partition coefficient (Wildman–Crippen LogP) is 1.61. The van der Waals surface area contributed by atoms with Gasteiger partial charge in [0.1, 0.15) is 11.5 Å². The second kappa shape index (κ2) is 6.10. The lowest BCUT2D eigenvalue weighted by Gasteiger charge is -2.15. The summed E-state index contributed by atoms with van der Waals surface area (Å²) in [5.41, 5.74) is 0.598. The Labute approximate surface area is 99.7 Å². The molecule has 0 spiro atoms. The van der Waals surface area contributed by atoms with E-state index in [2.05, 4.69) is 5.32 Å². The van der Waals surface area contributed by atoms with Crippen LogP contribution in [0.3, 0.4) is 0 Å². The second-order valence-corrected chi connectivity index (χ2v) is 3.92. The summed E-state index contributed by atoms with van der Waals surface area (Å²) in [6.07, 6.45) is 0.644. The molecule has 0 radical (unpaired) electrons. The fraction of sp³-hybridized carbons (Fsp3) is 0.417. The number of carboxylic acid groups (broad SMARTS) is 1. The Morgan fingerprint density at radius 1 is 1.41 bits per heavy atom. The number of aliphatic carboxylic acids is 1. The first-order chi connectivity index (χ1) is 8.00. The van der Waals surface area contributed by atoms with E-state index in [0.717, 1.165) is 0 Å². The van der Waals surface area contributed by atoms with E-state index in [4.69, 9.17) is 5.11 Å². The number of hydrogen-bond donors (Lipinski definition) is 4. The van der Waals surface area contributed by atoms with E-state index in [-0.39, 0.29) is 24.0 Å². The summed E-state index contributed by atoms with van der Waals surface area (Å²) >= 11 is 0. The number of hydrogen-bond acceptors (Lipinski definition) is 4. The molecule has 1 unspecified atom stereocenters. The van der Waals surface area contributed by atoms with E-state index in [1.807, 2.05) is 6.92 Å². The molecule has 1 atom stereocenters. The van der Waals surface area contributed by atoms with Gasteiger partial charge in [-0.05, 0) is 38.1 Å². The lowest BCUT2D eigenvalue weighted by atomic mass is 10.1. The molecule has 0 saturated carbocycles. The maximum atomic E-state index is 10.3. The Morgan fingerprint density at radius 3 is 2.76 bits per heavy atom. The summed E-state index contributed by atoms with van der Waals surface area (Å²) < 4.78 is 0. The van der Waals surface area contributed by atoms with Crippen molar-refractivity contribution in [2.24, 2.45) is 0 Å². The second-order valence-electron chi connectivity index (χ2n) is 3.92. The minimum absolute atomic E-state index is 0.0944. The normalized spacial score (nSPS) is 12.3. The number of benzene rings is 1. The average Bonchev–Trinajstić information content (AvgIpc) is 2.27. The van der Waals surface area contributed by atoms with Crippen LogP contribution in [-0.4, -0.2) is 27.8 Å². The molecular weight excluding hydrogens is 222 g/mol. The number of phenols is 2. The Morgan fingerprint density at radius 2 is 2.12 bits per heavy atom. The van der Waals surface area contributed by atoms with Gasteiger partial charge < -0.3 is 20.6 Å². The highest BCUT2D eigenvalue weighted by molar-refractivity contribution is 5.66. The fourth-order valence-electron chi connectivity index (χ4n) is 1.56. The lowest BCUT2D eigenvalue weighted by Crippen LogP contribution is -2.20. The molecule has 0 amide bonds. The molecule has 0 aliphatic carbocycles. The first-order valence-corrected chi connectivity index (χ1v) is 5.47. The van der Waals surface area contributed by atoms with Crippen molar-refractivity contribution in [1.29, 1.82) is 0 Å². The zero-order valence-electron chi connectivity index (χ0n) is 9.68. The minimum atomic E-state index is -0.820. The molecule has 17 heavy (non-hydrogen) atoms. The van der Waals surface area contributed by atoms with Crippen molar-refractivity contribution in [2.75, 3.05) is 6.54 Å². The van der Waals surface area contributed by atoms with Gasteiger partial charge in [-0.25, -0.2) is 0 Å². The quantitative estimate of drug-likeness (QED) is 0.447. The van der Waals surface area contributed by atoms with E-state index in [0.29, 0.717) is 18.5 Å². The molecule has 5 nitrogen and oxygen atoms in total.